The van der Waals surface area contributed by atoms with E-state index in [1.165, 1.54) is 11.6 Å². The molecule has 9 nitrogen and oxygen atoms in total. The number of aryl methyl sites for hydroxylation is 1. The third-order valence-electron chi connectivity index (χ3n) is 11.3. The number of rotatable bonds is 11. The number of anilines is 1. The van der Waals surface area contributed by atoms with Gasteiger partial charge in [-0.3, -0.25) is 14.5 Å². The van der Waals surface area contributed by atoms with Crippen molar-refractivity contribution >= 4 is 29.1 Å². The first kappa shape index (κ1) is 40.0. The van der Waals surface area contributed by atoms with Crippen molar-refractivity contribution in [1.29, 1.82) is 0 Å². The summed E-state index contributed by atoms with van der Waals surface area (Å²) in [6.07, 6.45) is 0.649. The Kier molecular flexibility index (Phi) is 12.0. The molecule has 57 heavy (non-hydrogen) atoms. The van der Waals surface area contributed by atoms with E-state index in [4.69, 9.17) is 25.8 Å². The van der Waals surface area contributed by atoms with Crippen molar-refractivity contribution in [3.8, 4) is 22.8 Å². The Balaban J connectivity index is 1.31. The Morgan fingerprint density at radius 3 is 2.33 bits per heavy atom. The number of hydrogen-bond donors (Lipinski definition) is 0. The number of morpholine rings is 1. The van der Waals surface area contributed by atoms with E-state index in [-0.39, 0.29) is 35.7 Å². The second kappa shape index (κ2) is 17.1. The van der Waals surface area contributed by atoms with Gasteiger partial charge in [0, 0.05) is 66.9 Å². The second-order valence-corrected chi connectivity index (χ2v) is 15.2. The fraction of sp³-hybridized carbons (Fsp3) is 0.333. The van der Waals surface area contributed by atoms with Crippen LogP contribution in [0.1, 0.15) is 54.2 Å². The highest BCUT2D eigenvalue weighted by atomic mass is 35.5. The van der Waals surface area contributed by atoms with E-state index in [9.17, 15) is 13.6 Å². The topological polar surface area (TPSA) is 76.5 Å². The van der Waals surface area contributed by atoms with Gasteiger partial charge in [0.25, 0.3) is 11.8 Å². The van der Waals surface area contributed by atoms with Crippen LogP contribution in [0.4, 0.5) is 14.5 Å². The molecule has 5 aromatic rings. The van der Waals surface area contributed by atoms with E-state index in [1.807, 2.05) is 66.8 Å². The molecule has 0 spiro atoms. The molecule has 2 aliphatic rings. The number of hydrogen-bond acceptors (Lipinski definition) is 6. The molecule has 12 heteroatoms. The van der Waals surface area contributed by atoms with Crippen molar-refractivity contribution in [1.82, 2.24) is 14.4 Å². The summed E-state index contributed by atoms with van der Waals surface area (Å²) in [6.45, 7) is 6.41. The SMILES string of the molecule is COc1cccc(CN(C(=O)c2cc(-c3cc(C)c(OC(F)F)cc3C(=O)N3Cc4ccccc4C[C@H]3CN3CCOCC3)n(C)c2C)c2ccc(Cl)cc2)c1C. The summed E-state index contributed by atoms with van der Waals surface area (Å²) >= 11 is 6.27. The maximum Gasteiger partial charge on any atom is 0.387 e. The minimum absolute atomic E-state index is 0.0796. The van der Waals surface area contributed by atoms with E-state index in [0.29, 0.717) is 77.3 Å². The summed E-state index contributed by atoms with van der Waals surface area (Å²) in [7, 11) is 3.45. The molecule has 0 unspecified atom stereocenters. The van der Waals surface area contributed by atoms with Crippen molar-refractivity contribution in [2.75, 3.05) is 44.9 Å². The molecule has 3 heterocycles. The molecule has 1 fully saturated rings. The molecule has 1 aromatic heterocycles. The Hall–Kier alpha value is -5.23. The lowest BCUT2D eigenvalue weighted by Crippen LogP contribution is -2.52. The van der Waals surface area contributed by atoms with Crippen LogP contribution < -0.4 is 14.4 Å². The molecule has 0 aliphatic carbocycles. The Labute approximate surface area is 337 Å². The average molecular weight is 797 g/mol. The average Bonchev–Trinajstić information content (AvgIpc) is 3.50. The first-order valence-corrected chi connectivity index (χ1v) is 19.4. The third-order valence-corrected chi connectivity index (χ3v) is 11.6. The number of amides is 2. The molecular formula is C45H47ClF2N4O5. The van der Waals surface area contributed by atoms with Crippen LogP contribution >= 0.6 is 11.6 Å². The van der Waals surface area contributed by atoms with Gasteiger partial charge in [-0.25, -0.2) is 0 Å². The highest BCUT2D eigenvalue weighted by molar-refractivity contribution is 6.30. The van der Waals surface area contributed by atoms with Crippen LogP contribution in [0.25, 0.3) is 11.3 Å². The summed E-state index contributed by atoms with van der Waals surface area (Å²) in [5, 5.41) is 0.540. The van der Waals surface area contributed by atoms with E-state index in [1.54, 1.807) is 55.3 Å². The molecule has 0 N–H and O–H groups in total. The summed E-state index contributed by atoms with van der Waals surface area (Å²) in [4.78, 5) is 35.8. The molecule has 2 aliphatic heterocycles. The maximum atomic E-state index is 15.1. The first-order valence-electron chi connectivity index (χ1n) is 19.1. The molecule has 7 rings (SSSR count). The predicted molar refractivity (Wildman–Crippen MR) is 218 cm³/mol. The molecule has 0 radical (unpaired) electrons. The zero-order valence-corrected chi connectivity index (χ0v) is 33.6. The van der Waals surface area contributed by atoms with Crippen molar-refractivity contribution in [3.63, 3.8) is 0 Å². The Morgan fingerprint density at radius 2 is 1.63 bits per heavy atom. The van der Waals surface area contributed by atoms with Crippen LogP contribution in [0.5, 0.6) is 11.5 Å². The zero-order chi connectivity index (χ0) is 40.4. The van der Waals surface area contributed by atoms with Gasteiger partial charge in [-0.1, -0.05) is 48.0 Å². The minimum Gasteiger partial charge on any atom is -0.496 e. The van der Waals surface area contributed by atoms with Crippen LogP contribution in [-0.4, -0.2) is 78.8 Å². The van der Waals surface area contributed by atoms with Crippen LogP contribution in [-0.2, 0) is 31.3 Å². The van der Waals surface area contributed by atoms with Crippen LogP contribution in [0.15, 0.2) is 84.9 Å². The molecule has 298 valence electrons. The van der Waals surface area contributed by atoms with Gasteiger partial charge in [-0.15, -0.1) is 0 Å². The number of aromatic nitrogens is 1. The second-order valence-electron chi connectivity index (χ2n) is 14.7. The number of alkyl halides is 2. The third kappa shape index (κ3) is 8.42. The number of ether oxygens (including phenoxy) is 3. The Morgan fingerprint density at radius 1 is 0.912 bits per heavy atom. The van der Waals surface area contributed by atoms with E-state index in [0.717, 1.165) is 29.8 Å². The number of benzene rings is 4. The number of nitrogens with zero attached hydrogens (tertiary/aromatic N) is 4. The van der Waals surface area contributed by atoms with Gasteiger partial charge in [-0.2, -0.15) is 8.78 Å². The van der Waals surface area contributed by atoms with Gasteiger partial charge in [0.1, 0.15) is 11.5 Å². The molecule has 0 saturated carbocycles. The normalized spacial score (nSPS) is 15.7. The molecule has 1 atom stereocenters. The quantitative estimate of drug-likeness (QED) is 0.133. The van der Waals surface area contributed by atoms with Gasteiger partial charge in [-0.05, 0) is 104 Å². The van der Waals surface area contributed by atoms with Crippen LogP contribution in [0.2, 0.25) is 5.02 Å². The van der Waals surface area contributed by atoms with Crippen molar-refractivity contribution in [3.05, 3.63) is 135 Å². The van der Waals surface area contributed by atoms with Gasteiger partial charge in [0.05, 0.1) is 38.0 Å². The van der Waals surface area contributed by atoms with Crippen molar-refractivity contribution < 1.29 is 32.6 Å². The van der Waals surface area contributed by atoms with E-state index < -0.39 is 6.61 Å². The monoisotopic (exact) mass is 796 g/mol. The van der Waals surface area contributed by atoms with Crippen molar-refractivity contribution in [2.45, 2.75) is 52.9 Å². The Bertz CT molecular complexity index is 2270. The summed E-state index contributed by atoms with van der Waals surface area (Å²) in [5.74, 6) is 0.0636. The predicted octanol–water partition coefficient (Wildman–Crippen LogP) is 8.63. The summed E-state index contributed by atoms with van der Waals surface area (Å²) < 4.78 is 45.6. The van der Waals surface area contributed by atoms with Crippen LogP contribution in [0, 0.1) is 20.8 Å². The highest BCUT2D eigenvalue weighted by Gasteiger charge is 2.35. The fourth-order valence-corrected chi connectivity index (χ4v) is 8.09. The van der Waals surface area contributed by atoms with Gasteiger partial charge >= 0.3 is 6.61 Å². The van der Waals surface area contributed by atoms with E-state index >= 15 is 4.79 Å². The van der Waals surface area contributed by atoms with Gasteiger partial charge in [0.2, 0.25) is 0 Å². The maximum absolute atomic E-state index is 15.1. The standard InChI is InChI=1S/C45H47ClF2N4O5/c1-28-21-38(39(24-42(28)57-45(47)48)44(54)52-26-33-10-7-6-9-31(33)22-36(52)27-50-17-19-56-20-18-50)40-23-37(30(3)49(40)4)43(53)51(35-15-13-34(46)14-16-35)25-32-11-8-12-41(55-5)29(32)2/h6-16,21,23-24,36,45H,17-20,22,25-27H2,1-5H3/t36-/m0/s1. The van der Waals surface area contributed by atoms with E-state index in [2.05, 4.69) is 11.0 Å². The van der Waals surface area contributed by atoms with Crippen molar-refractivity contribution in [2.24, 2.45) is 7.05 Å². The largest absolute Gasteiger partial charge is 0.496 e. The number of carbonyl (C=O) groups excluding carboxylic acids is 2. The lowest BCUT2D eigenvalue weighted by Gasteiger charge is -2.40. The van der Waals surface area contributed by atoms with Crippen LogP contribution in [0.3, 0.4) is 0 Å². The number of fused-ring (bicyclic) bond motifs is 1. The van der Waals surface area contributed by atoms with Gasteiger partial charge in [0.15, 0.2) is 0 Å². The number of halogens is 3. The molecule has 1 saturated heterocycles. The fourth-order valence-electron chi connectivity index (χ4n) is 7.97. The molecular weight excluding hydrogens is 750 g/mol. The lowest BCUT2D eigenvalue weighted by molar-refractivity contribution is -0.0503. The molecule has 0 bridgehead atoms. The smallest absolute Gasteiger partial charge is 0.387 e. The zero-order valence-electron chi connectivity index (χ0n) is 32.9. The highest BCUT2D eigenvalue weighted by Crippen LogP contribution is 2.37. The number of carbonyl (C=O) groups is 2. The summed E-state index contributed by atoms with van der Waals surface area (Å²) in [5.41, 5.74) is 7.50. The van der Waals surface area contributed by atoms with Gasteiger partial charge < -0.3 is 28.6 Å². The lowest BCUT2D eigenvalue weighted by atomic mass is 9.91. The number of methoxy groups -OCH3 is 1. The molecule has 4 aromatic carbocycles. The minimum atomic E-state index is -3.08. The summed E-state index contributed by atoms with van der Waals surface area (Å²) in [6, 6.07) is 25.7. The first-order chi connectivity index (χ1) is 27.4. The molecule has 2 amide bonds.